The summed E-state index contributed by atoms with van der Waals surface area (Å²) < 4.78 is 12.1. The van der Waals surface area contributed by atoms with Crippen molar-refractivity contribution in [2.45, 2.75) is 32.1 Å². The molecule has 214 valence electrons. The Morgan fingerprint density at radius 2 is 1.21 bits per heavy atom. The fourth-order valence-corrected chi connectivity index (χ4v) is 7.63. The van der Waals surface area contributed by atoms with Crippen LogP contribution in [0.1, 0.15) is 37.8 Å². The molecule has 0 fully saturated rings. The van der Waals surface area contributed by atoms with Gasteiger partial charge in [0, 0.05) is 28.0 Å². The van der Waals surface area contributed by atoms with Crippen molar-refractivity contribution in [1.82, 2.24) is 4.98 Å². The molecule has 0 spiro atoms. The number of thiazole rings is 1. The molecule has 43 heavy (non-hydrogen) atoms. The summed E-state index contributed by atoms with van der Waals surface area (Å²) in [6, 6.07) is 38.8. The van der Waals surface area contributed by atoms with Gasteiger partial charge >= 0.3 is 0 Å². The average molecular weight is 583 g/mol. The van der Waals surface area contributed by atoms with Crippen LogP contribution < -0.4 is 14.4 Å². The predicted octanol–water partition coefficient (Wildman–Crippen LogP) is 10.5. The Kier molecular flexibility index (Phi) is 6.91. The van der Waals surface area contributed by atoms with Crippen molar-refractivity contribution in [1.29, 1.82) is 0 Å². The third kappa shape index (κ3) is 4.47. The minimum absolute atomic E-state index is 0.0845. The highest BCUT2D eigenvalue weighted by atomic mass is 32.1. The van der Waals surface area contributed by atoms with Crippen LogP contribution in [0.3, 0.4) is 0 Å². The lowest BCUT2D eigenvalue weighted by molar-refractivity contribution is 0.415. The molecule has 0 N–H and O–H groups in total. The summed E-state index contributed by atoms with van der Waals surface area (Å²) in [6.45, 7) is 4.65. The Hall–Kier alpha value is -4.61. The second-order valence-corrected chi connectivity index (χ2v) is 12.0. The molecule has 4 nitrogen and oxygen atoms in total. The number of rotatable bonds is 8. The maximum absolute atomic E-state index is 5.46. The molecule has 0 saturated carbocycles. The fraction of sp³-hybridized carbons (Fsp3) is 0.184. The Balaban J connectivity index is 1.36. The standard InChI is InChI=1S/C38H34N2O2S/c1-5-38(6-2)33-23-25(37-39-35-9-7-8-10-36(35)43-37)11-21-31(33)32-22-16-28(24-34(32)38)40(26-12-17-29(41-3)18-13-26)27-14-19-30(42-4)20-15-27/h7-24H,5-6H2,1-4H3. The molecule has 7 rings (SSSR count). The van der Waals surface area contributed by atoms with Crippen LogP contribution in [0.25, 0.3) is 31.9 Å². The van der Waals surface area contributed by atoms with Crippen LogP contribution >= 0.6 is 11.3 Å². The van der Waals surface area contributed by atoms with Crippen molar-refractivity contribution in [2.75, 3.05) is 19.1 Å². The van der Waals surface area contributed by atoms with Crippen molar-refractivity contribution in [3.05, 3.63) is 120 Å². The minimum Gasteiger partial charge on any atom is -0.497 e. The fourth-order valence-electron chi connectivity index (χ4n) is 6.67. The van der Waals surface area contributed by atoms with Gasteiger partial charge in [0.15, 0.2) is 0 Å². The highest BCUT2D eigenvalue weighted by molar-refractivity contribution is 7.21. The van der Waals surface area contributed by atoms with Crippen LogP contribution in [0.2, 0.25) is 0 Å². The zero-order chi connectivity index (χ0) is 29.6. The lowest BCUT2D eigenvalue weighted by atomic mass is 9.73. The van der Waals surface area contributed by atoms with Gasteiger partial charge in [-0.3, -0.25) is 0 Å². The molecule has 0 saturated heterocycles. The van der Waals surface area contributed by atoms with Gasteiger partial charge in [0.2, 0.25) is 0 Å². The van der Waals surface area contributed by atoms with Crippen LogP contribution in [0.5, 0.6) is 11.5 Å². The molecule has 6 aromatic rings. The Morgan fingerprint density at radius 1 is 0.651 bits per heavy atom. The first-order valence-corrected chi connectivity index (χ1v) is 15.6. The van der Waals surface area contributed by atoms with Gasteiger partial charge in [0.05, 0.1) is 24.4 Å². The number of nitrogens with zero attached hydrogens (tertiary/aromatic N) is 2. The maximum atomic E-state index is 5.46. The van der Waals surface area contributed by atoms with Crippen LogP contribution in [0.4, 0.5) is 17.1 Å². The van der Waals surface area contributed by atoms with E-state index in [1.807, 2.05) is 24.3 Å². The Labute approximate surface area is 257 Å². The van der Waals surface area contributed by atoms with E-state index in [0.29, 0.717) is 0 Å². The molecule has 1 aliphatic rings. The molecule has 0 unspecified atom stereocenters. The van der Waals surface area contributed by atoms with Gasteiger partial charge in [-0.2, -0.15) is 0 Å². The van der Waals surface area contributed by atoms with E-state index < -0.39 is 0 Å². The van der Waals surface area contributed by atoms with Crippen molar-refractivity contribution in [3.63, 3.8) is 0 Å². The predicted molar refractivity (Wildman–Crippen MR) is 180 cm³/mol. The summed E-state index contributed by atoms with van der Waals surface area (Å²) in [6.07, 6.45) is 2.03. The summed E-state index contributed by atoms with van der Waals surface area (Å²) in [5.41, 5.74) is 10.9. The van der Waals surface area contributed by atoms with Crippen molar-refractivity contribution < 1.29 is 9.47 Å². The molecule has 1 aliphatic carbocycles. The zero-order valence-electron chi connectivity index (χ0n) is 24.9. The van der Waals surface area contributed by atoms with Gasteiger partial charge in [-0.25, -0.2) is 4.98 Å². The molecule has 1 aromatic heterocycles. The maximum Gasteiger partial charge on any atom is 0.124 e. The van der Waals surface area contributed by atoms with E-state index in [1.54, 1.807) is 25.6 Å². The number of fused-ring (bicyclic) bond motifs is 4. The van der Waals surface area contributed by atoms with Crippen LogP contribution in [0.15, 0.2) is 109 Å². The molecular weight excluding hydrogens is 548 g/mol. The van der Waals surface area contributed by atoms with Gasteiger partial charge < -0.3 is 14.4 Å². The quantitative estimate of drug-likeness (QED) is 0.179. The third-order valence-electron chi connectivity index (χ3n) is 9.01. The van der Waals surface area contributed by atoms with E-state index in [-0.39, 0.29) is 5.41 Å². The normalized spacial score (nSPS) is 13.0. The van der Waals surface area contributed by atoms with Crippen molar-refractivity contribution in [2.24, 2.45) is 0 Å². The number of anilines is 3. The molecule has 0 amide bonds. The highest BCUT2D eigenvalue weighted by Crippen LogP contribution is 2.55. The minimum atomic E-state index is -0.0845. The first-order chi connectivity index (χ1) is 21.1. The van der Waals surface area contributed by atoms with E-state index >= 15 is 0 Å². The topological polar surface area (TPSA) is 34.6 Å². The van der Waals surface area contributed by atoms with E-state index in [0.717, 1.165) is 51.9 Å². The van der Waals surface area contributed by atoms with E-state index in [9.17, 15) is 0 Å². The SMILES string of the molecule is CCC1(CC)c2cc(-c3nc4ccccc4s3)ccc2-c2ccc(N(c3ccc(OC)cc3)c3ccc(OC)cc3)cc21. The molecule has 0 aliphatic heterocycles. The van der Waals surface area contributed by atoms with E-state index in [4.69, 9.17) is 14.5 Å². The number of benzene rings is 5. The zero-order valence-corrected chi connectivity index (χ0v) is 25.7. The van der Waals surface area contributed by atoms with E-state index in [2.05, 4.69) is 104 Å². The van der Waals surface area contributed by atoms with Crippen LogP contribution in [-0.4, -0.2) is 19.2 Å². The highest BCUT2D eigenvalue weighted by Gasteiger charge is 2.41. The number of methoxy groups -OCH3 is 2. The first kappa shape index (κ1) is 27.2. The first-order valence-electron chi connectivity index (χ1n) is 14.8. The molecule has 0 atom stereocenters. The number of para-hydroxylation sites is 1. The summed E-state index contributed by atoms with van der Waals surface area (Å²) in [5.74, 6) is 1.67. The van der Waals surface area contributed by atoms with Gasteiger partial charge in [-0.15, -0.1) is 11.3 Å². The summed E-state index contributed by atoms with van der Waals surface area (Å²) in [4.78, 5) is 7.29. The Bertz CT molecular complexity index is 1840. The number of hydrogen-bond acceptors (Lipinski definition) is 5. The van der Waals surface area contributed by atoms with Gasteiger partial charge in [0.25, 0.3) is 0 Å². The summed E-state index contributed by atoms with van der Waals surface area (Å²) in [5, 5.41) is 1.08. The van der Waals surface area contributed by atoms with Crippen LogP contribution in [-0.2, 0) is 5.41 Å². The van der Waals surface area contributed by atoms with E-state index in [1.165, 1.54) is 32.5 Å². The molecule has 0 bridgehead atoms. The van der Waals surface area contributed by atoms with Crippen molar-refractivity contribution >= 4 is 38.6 Å². The number of aromatic nitrogens is 1. The van der Waals surface area contributed by atoms with Gasteiger partial charge in [-0.05, 0) is 114 Å². The monoisotopic (exact) mass is 582 g/mol. The lowest BCUT2D eigenvalue weighted by Crippen LogP contribution is -2.23. The molecular formula is C38H34N2O2S. The van der Waals surface area contributed by atoms with Gasteiger partial charge in [-0.1, -0.05) is 44.2 Å². The van der Waals surface area contributed by atoms with Crippen LogP contribution in [0, 0.1) is 0 Å². The number of ether oxygens (including phenoxy) is 2. The number of hydrogen-bond donors (Lipinski definition) is 0. The lowest BCUT2D eigenvalue weighted by Gasteiger charge is -2.32. The average Bonchev–Trinajstić information content (AvgIpc) is 3.62. The summed E-state index contributed by atoms with van der Waals surface area (Å²) in [7, 11) is 3.40. The second-order valence-electron chi connectivity index (χ2n) is 11.0. The third-order valence-corrected chi connectivity index (χ3v) is 10.1. The largest absolute Gasteiger partial charge is 0.497 e. The molecule has 1 heterocycles. The Morgan fingerprint density at radius 3 is 1.79 bits per heavy atom. The summed E-state index contributed by atoms with van der Waals surface area (Å²) >= 11 is 1.77. The second kappa shape index (κ2) is 10.9. The molecule has 0 radical (unpaired) electrons. The van der Waals surface area contributed by atoms with Gasteiger partial charge in [0.1, 0.15) is 16.5 Å². The smallest absolute Gasteiger partial charge is 0.124 e. The molecule has 5 aromatic carbocycles. The molecule has 5 heteroatoms. The van der Waals surface area contributed by atoms with Crippen molar-refractivity contribution in [3.8, 4) is 33.2 Å².